The molecule has 4 heteroatoms. The van der Waals surface area contributed by atoms with Gasteiger partial charge in [-0.15, -0.1) is 0 Å². The van der Waals surface area contributed by atoms with Gasteiger partial charge in [-0.1, -0.05) is 17.7 Å². The second-order valence-electron chi connectivity index (χ2n) is 4.25. The maximum absolute atomic E-state index is 5.89. The van der Waals surface area contributed by atoms with E-state index in [1.54, 1.807) is 0 Å². The Hall–Kier alpha value is -0.770. The molecule has 1 aliphatic rings. The topological polar surface area (TPSA) is 38.5 Å². The highest BCUT2D eigenvalue weighted by molar-refractivity contribution is 6.33. The Bertz CT molecular complexity index is 370. The summed E-state index contributed by atoms with van der Waals surface area (Å²) in [5.74, 6) is 0. The van der Waals surface area contributed by atoms with E-state index < -0.39 is 0 Å². The summed E-state index contributed by atoms with van der Waals surface area (Å²) in [5, 5.41) is 0.624. The van der Waals surface area contributed by atoms with Crippen LogP contribution in [0.1, 0.15) is 12.5 Å². The molecule has 1 atom stereocenters. The molecule has 0 radical (unpaired) electrons. The van der Waals surface area contributed by atoms with Gasteiger partial charge in [-0.05, 0) is 24.6 Å². The molecular weight excluding hydrogens is 224 g/mol. The van der Waals surface area contributed by atoms with Gasteiger partial charge in [-0.2, -0.15) is 0 Å². The minimum atomic E-state index is 0.464. The highest BCUT2D eigenvalue weighted by Crippen LogP contribution is 2.21. The number of ether oxygens (including phenoxy) is 1. The molecule has 1 aliphatic heterocycles. The van der Waals surface area contributed by atoms with E-state index in [0.717, 1.165) is 26.3 Å². The summed E-state index contributed by atoms with van der Waals surface area (Å²) in [5.41, 5.74) is 7.64. The van der Waals surface area contributed by atoms with Crippen LogP contribution in [-0.2, 0) is 11.3 Å². The largest absolute Gasteiger partial charge is 0.398 e. The second kappa shape index (κ2) is 5.04. The van der Waals surface area contributed by atoms with Crippen LogP contribution in [0.4, 0.5) is 5.69 Å². The van der Waals surface area contributed by atoms with Crippen molar-refractivity contribution in [2.24, 2.45) is 0 Å². The van der Waals surface area contributed by atoms with E-state index in [-0.39, 0.29) is 0 Å². The van der Waals surface area contributed by atoms with Crippen molar-refractivity contribution in [3.8, 4) is 0 Å². The van der Waals surface area contributed by atoms with Crippen molar-refractivity contribution < 1.29 is 4.74 Å². The van der Waals surface area contributed by atoms with Gasteiger partial charge in [0.15, 0.2) is 0 Å². The molecule has 2 rings (SSSR count). The fraction of sp³-hybridized carbons (Fsp3) is 0.500. The number of anilines is 1. The average Bonchev–Trinajstić information content (AvgIpc) is 2.27. The summed E-state index contributed by atoms with van der Waals surface area (Å²) in [6.45, 7) is 5.69. The predicted octanol–water partition coefficient (Wildman–Crippen LogP) is 2.14. The highest BCUT2D eigenvalue weighted by Gasteiger charge is 2.18. The Labute approximate surface area is 101 Å². The molecule has 0 bridgehead atoms. The van der Waals surface area contributed by atoms with Crippen LogP contribution in [0.15, 0.2) is 18.2 Å². The first-order valence-electron chi connectivity index (χ1n) is 5.52. The van der Waals surface area contributed by atoms with Crippen LogP contribution in [0, 0.1) is 0 Å². The molecule has 0 aromatic heterocycles. The zero-order chi connectivity index (χ0) is 11.5. The van der Waals surface area contributed by atoms with Gasteiger partial charge in [-0.3, -0.25) is 4.90 Å². The monoisotopic (exact) mass is 240 g/mol. The summed E-state index contributed by atoms with van der Waals surface area (Å²) in [7, 11) is 0. The molecule has 16 heavy (non-hydrogen) atoms. The Kier molecular flexibility index (Phi) is 3.69. The smallest absolute Gasteiger partial charge is 0.0635 e. The Balaban J connectivity index is 2.05. The number of hydrogen-bond acceptors (Lipinski definition) is 3. The molecular formula is C12H17ClN2O. The lowest BCUT2D eigenvalue weighted by Crippen LogP contribution is -2.42. The highest BCUT2D eigenvalue weighted by atomic mass is 35.5. The second-order valence-corrected chi connectivity index (χ2v) is 4.66. The van der Waals surface area contributed by atoms with Gasteiger partial charge in [0.2, 0.25) is 0 Å². The fourth-order valence-electron chi connectivity index (χ4n) is 1.92. The quantitative estimate of drug-likeness (QED) is 0.805. The van der Waals surface area contributed by atoms with E-state index in [4.69, 9.17) is 22.1 Å². The number of benzene rings is 1. The van der Waals surface area contributed by atoms with E-state index in [9.17, 15) is 0 Å². The zero-order valence-electron chi connectivity index (χ0n) is 9.45. The van der Waals surface area contributed by atoms with Gasteiger partial charge in [0.1, 0.15) is 0 Å². The number of hydrogen-bond donors (Lipinski definition) is 1. The lowest BCUT2D eigenvalue weighted by Gasteiger charge is -2.33. The third-order valence-electron chi connectivity index (χ3n) is 2.95. The lowest BCUT2D eigenvalue weighted by molar-refractivity contribution is -0.00436. The van der Waals surface area contributed by atoms with Gasteiger partial charge in [0, 0.05) is 19.1 Å². The van der Waals surface area contributed by atoms with Crippen molar-refractivity contribution in [1.29, 1.82) is 0 Å². The van der Waals surface area contributed by atoms with Gasteiger partial charge in [0.05, 0.1) is 23.9 Å². The van der Waals surface area contributed by atoms with Gasteiger partial charge < -0.3 is 10.5 Å². The molecule has 1 saturated heterocycles. The maximum atomic E-state index is 5.89. The number of halogens is 1. The van der Waals surface area contributed by atoms with Crippen molar-refractivity contribution in [3.05, 3.63) is 28.8 Å². The van der Waals surface area contributed by atoms with Crippen LogP contribution in [0.3, 0.4) is 0 Å². The fourth-order valence-corrected chi connectivity index (χ4v) is 2.04. The molecule has 1 heterocycles. The Morgan fingerprint density at radius 3 is 3.06 bits per heavy atom. The summed E-state index contributed by atoms with van der Waals surface area (Å²) in [6, 6.07) is 6.30. The zero-order valence-corrected chi connectivity index (χ0v) is 10.2. The van der Waals surface area contributed by atoms with Crippen molar-refractivity contribution in [2.45, 2.75) is 19.5 Å². The summed E-state index contributed by atoms with van der Waals surface area (Å²) in [6.07, 6.45) is 0. The third kappa shape index (κ3) is 2.67. The van der Waals surface area contributed by atoms with Crippen LogP contribution < -0.4 is 5.73 Å². The number of nitrogens with two attached hydrogens (primary N) is 1. The van der Waals surface area contributed by atoms with Crippen LogP contribution in [0.25, 0.3) is 0 Å². The van der Waals surface area contributed by atoms with Crippen LogP contribution in [-0.4, -0.2) is 30.7 Å². The van der Waals surface area contributed by atoms with Crippen LogP contribution in [0.2, 0.25) is 5.02 Å². The maximum Gasteiger partial charge on any atom is 0.0635 e. The van der Waals surface area contributed by atoms with E-state index in [2.05, 4.69) is 11.8 Å². The Morgan fingerprint density at radius 1 is 1.56 bits per heavy atom. The van der Waals surface area contributed by atoms with E-state index in [1.165, 1.54) is 5.56 Å². The third-order valence-corrected chi connectivity index (χ3v) is 3.30. The summed E-state index contributed by atoms with van der Waals surface area (Å²) >= 11 is 5.89. The number of rotatable bonds is 2. The first-order valence-corrected chi connectivity index (χ1v) is 5.90. The average molecular weight is 241 g/mol. The molecule has 1 unspecified atom stereocenters. The molecule has 1 aromatic rings. The number of nitrogen functional groups attached to an aromatic ring is 1. The van der Waals surface area contributed by atoms with Crippen molar-refractivity contribution in [2.75, 3.05) is 25.5 Å². The molecule has 2 N–H and O–H groups in total. The molecule has 1 fully saturated rings. The van der Waals surface area contributed by atoms with Gasteiger partial charge in [-0.25, -0.2) is 0 Å². The Morgan fingerprint density at radius 2 is 2.38 bits per heavy atom. The van der Waals surface area contributed by atoms with Crippen molar-refractivity contribution >= 4 is 17.3 Å². The SMILES string of the molecule is CC1COCCN1Cc1ccc(Cl)c(N)c1. The van der Waals surface area contributed by atoms with Gasteiger partial charge >= 0.3 is 0 Å². The molecule has 0 spiro atoms. The van der Waals surface area contributed by atoms with Crippen LogP contribution in [0.5, 0.6) is 0 Å². The predicted molar refractivity (Wildman–Crippen MR) is 66.6 cm³/mol. The summed E-state index contributed by atoms with van der Waals surface area (Å²) in [4.78, 5) is 2.40. The number of nitrogens with zero attached hydrogens (tertiary/aromatic N) is 1. The van der Waals surface area contributed by atoms with Crippen molar-refractivity contribution in [3.63, 3.8) is 0 Å². The van der Waals surface area contributed by atoms with Gasteiger partial charge in [0.25, 0.3) is 0 Å². The molecule has 1 aromatic carbocycles. The van der Waals surface area contributed by atoms with E-state index in [1.807, 2.05) is 18.2 Å². The first kappa shape index (κ1) is 11.7. The molecule has 0 amide bonds. The minimum absolute atomic E-state index is 0.464. The van der Waals surface area contributed by atoms with Crippen LogP contribution >= 0.6 is 11.6 Å². The minimum Gasteiger partial charge on any atom is -0.398 e. The molecule has 88 valence electrons. The first-order chi connectivity index (χ1) is 7.66. The molecule has 0 aliphatic carbocycles. The van der Waals surface area contributed by atoms with E-state index >= 15 is 0 Å². The molecule has 0 saturated carbocycles. The molecule has 3 nitrogen and oxygen atoms in total. The number of morpholine rings is 1. The van der Waals surface area contributed by atoms with E-state index in [0.29, 0.717) is 16.8 Å². The normalized spacial score (nSPS) is 22.2. The summed E-state index contributed by atoms with van der Waals surface area (Å²) < 4.78 is 5.41. The lowest BCUT2D eigenvalue weighted by atomic mass is 10.1. The standard InChI is InChI=1S/C12H17ClN2O/c1-9-8-16-5-4-15(9)7-10-2-3-11(13)12(14)6-10/h2-3,6,9H,4-5,7-8,14H2,1H3. The van der Waals surface area contributed by atoms with Crippen molar-refractivity contribution in [1.82, 2.24) is 4.90 Å².